The fourth-order valence-electron chi connectivity index (χ4n) is 6.75. The Morgan fingerprint density at radius 3 is 2.62 bits per heavy atom. The number of carbonyl (C=O) groups excluding carboxylic acids is 2. The van der Waals surface area contributed by atoms with Gasteiger partial charge < -0.3 is 20.1 Å². The molecule has 2 unspecified atom stereocenters. The fourth-order valence-corrected chi connectivity index (χ4v) is 7.39. The molecule has 1 amide bonds. The monoisotopic (exact) mass is 713 g/mol. The first-order chi connectivity index (χ1) is 24.3. The van der Waals surface area contributed by atoms with E-state index in [9.17, 15) is 9.59 Å². The maximum Gasteiger partial charge on any atom is 0.310 e. The van der Waals surface area contributed by atoms with Crippen molar-refractivity contribution in [2.24, 2.45) is 5.92 Å². The third-order valence-electron chi connectivity index (χ3n) is 9.34. The highest BCUT2D eigenvalue weighted by molar-refractivity contribution is 6.39. The number of amides is 1. The Hall–Kier alpha value is -4.55. The van der Waals surface area contributed by atoms with Gasteiger partial charge in [-0.15, -0.1) is 5.10 Å². The number of halogens is 2. The van der Waals surface area contributed by atoms with E-state index in [2.05, 4.69) is 26.6 Å². The van der Waals surface area contributed by atoms with Gasteiger partial charge in [0, 0.05) is 78.7 Å². The number of rotatable bonds is 11. The van der Waals surface area contributed by atoms with Crippen LogP contribution < -0.4 is 15.4 Å². The number of carbonyl (C=O) groups is 2. The van der Waals surface area contributed by atoms with E-state index < -0.39 is 0 Å². The highest BCUT2D eigenvalue weighted by Gasteiger charge is 2.29. The summed E-state index contributed by atoms with van der Waals surface area (Å²) >= 11 is 14.2. The molecule has 2 atom stereocenters. The van der Waals surface area contributed by atoms with E-state index >= 15 is 0 Å². The zero-order valence-corrected chi connectivity index (χ0v) is 29.3. The molecule has 2 aliphatic heterocycles. The number of benzene rings is 2. The zero-order chi connectivity index (χ0) is 34.8. The second-order valence-corrected chi connectivity index (χ2v) is 13.4. The van der Waals surface area contributed by atoms with E-state index in [0.717, 1.165) is 52.6 Å². The van der Waals surface area contributed by atoms with Gasteiger partial charge in [0.25, 0.3) is 0 Å². The maximum absolute atomic E-state index is 12.0. The molecule has 2 saturated heterocycles. The van der Waals surface area contributed by atoms with E-state index in [1.165, 1.54) is 7.11 Å². The summed E-state index contributed by atoms with van der Waals surface area (Å²) in [4.78, 5) is 35.1. The maximum atomic E-state index is 12.0. The summed E-state index contributed by atoms with van der Waals surface area (Å²) < 4.78 is 12.3. The average Bonchev–Trinajstić information content (AvgIpc) is 3.88. The van der Waals surface area contributed by atoms with Crippen LogP contribution in [0.15, 0.2) is 67.0 Å². The Balaban J connectivity index is 1.10. The molecule has 0 radical (unpaired) electrons. The second kappa shape index (κ2) is 14.7. The number of aromatic nitrogens is 4. The van der Waals surface area contributed by atoms with E-state index in [1.54, 1.807) is 11.8 Å². The van der Waals surface area contributed by atoms with Crippen molar-refractivity contribution in [3.8, 4) is 34.0 Å². The summed E-state index contributed by atoms with van der Waals surface area (Å²) in [5, 5.41) is 13.0. The summed E-state index contributed by atoms with van der Waals surface area (Å²) in [5.74, 6) is 0.355. The molecule has 2 aromatic carbocycles. The summed E-state index contributed by atoms with van der Waals surface area (Å²) in [7, 11) is 3.03. The van der Waals surface area contributed by atoms with Crippen molar-refractivity contribution in [2.45, 2.75) is 38.4 Å². The molecule has 5 aromatic rings. The quantitative estimate of drug-likeness (QED) is 0.163. The van der Waals surface area contributed by atoms with Crippen LogP contribution in [0.25, 0.3) is 39.1 Å². The molecule has 0 saturated carbocycles. The minimum absolute atomic E-state index is 0.0882. The van der Waals surface area contributed by atoms with Gasteiger partial charge in [0.05, 0.1) is 41.6 Å². The van der Waals surface area contributed by atoms with Gasteiger partial charge in [-0.05, 0) is 43.1 Å². The van der Waals surface area contributed by atoms with Gasteiger partial charge in [-0.3, -0.25) is 14.5 Å². The molecule has 2 aliphatic rings. The molecule has 0 spiro atoms. The van der Waals surface area contributed by atoms with E-state index in [0.29, 0.717) is 65.6 Å². The van der Waals surface area contributed by atoms with Gasteiger partial charge in [-0.2, -0.15) is 0 Å². The Morgan fingerprint density at radius 2 is 1.84 bits per heavy atom. The molecular weight excluding hydrogens is 677 g/mol. The van der Waals surface area contributed by atoms with Crippen LogP contribution in [0, 0.1) is 5.92 Å². The number of nitrogens with one attached hydrogen (secondary N) is 2. The molecule has 2 fully saturated rings. The normalized spacial score (nSPS) is 17.7. The van der Waals surface area contributed by atoms with Gasteiger partial charge in [0.1, 0.15) is 0 Å². The van der Waals surface area contributed by atoms with Gasteiger partial charge in [0.15, 0.2) is 5.65 Å². The highest BCUT2D eigenvalue weighted by atomic mass is 35.5. The fraction of sp³-hybridized carbons (Fsp3) is 0.324. The van der Waals surface area contributed by atoms with E-state index in [-0.39, 0.29) is 23.8 Å². The van der Waals surface area contributed by atoms with Crippen LogP contribution in [0.4, 0.5) is 0 Å². The lowest BCUT2D eigenvalue weighted by atomic mass is 10.00. The van der Waals surface area contributed by atoms with E-state index in [4.69, 9.17) is 42.8 Å². The second-order valence-electron chi connectivity index (χ2n) is 12.7. The van der Waals surface area contributed by atoms with Crippen molar-refractivity contribution < 1.29 is 19.1 Å². The number of likely N-dealkylation sites (tertiary alicyclic amines) is 1. The Morgan fingerprint density at radius 1 is 1.04 bits per heavy atom. The van der Waals surface area contributed by atoms with Crippen LogP contribution in [0.3, 0.4) is 0 Å². The first kappa shape index (κ1) is 33.9. The first-order valence-electron chi connectivity index (χ1n) is 16.6. The predicted octanol–water partition coefficient (Wildman–Crippen LogP) is 5.83. The third-order valence-corrected chi connectivity index (χ3v) is 10.1. The standard InChI is InChI=1S/C37H37Cl2N7O4/c1-49-36-23(17-40-18-26-10-12-32(47)42-26)9-11-30(43-36)29-7-3-5-27(33(29)38)28-6-4-8-31(34(28)39)46-21-25-15-22(16-41-35(25)44-46)19-45-14-13-24(20-45)37(48)50-2/h3-9,11,15-16,21,24,26,40H,10,12-14,17-20H2,1-2H3,(H,42,47). The lowest BCUT2D eigenvalue weighted by Gasteiger charge is -2.15. The molecule has 2 N–H and O–H groups in total. The molecule has 11 nitrogen and oxygen atoms in total. The van der Waals surface area contributed by atoms with Crippen LogP contribution in [0.2, 0.25) is 10.0 Å². The lowest BCUT2D eigenvalue weighted by molar-refractivity contribution is -0.145. The summed E-state index contributed by atoms with van der Waals surface area (Å²) in [6, 6.07) is 17.7. The predicted molar refractivity (Wildman–Crippen MR) is 192 cm³/mol. The number of hydrogen-bond acceptors (Lipinski definition) is 9. The van der Waals surface area contributed by atoms with Gasteiger partial charge >= 0.3 is 5.97 Å². The number of pyridine rings is 2. The molecule has 0 bridgehead atoms. The number of methoxy groups -OCH3 is 2. The molecule has 50 heavy (non-hydrogen) atoms. The molecule has 258 valence electrons. The Labute approximate surface area is 299 Å². The van der Waals surface area contributed by atoms with Crippen molar-refractivity contribution in [3.05, 3.63) is 88.2 Å². The van der Waals surface area contributed by atoms with E-state index in [1.807, 2.05) is 60.9 Å². The zero-order valence-electron chi connectivity index (χ0n) is 27.8. The summed E-state index contributed by atoms with van der Waals surface area (Å²) in [6.07, 6.45) is 5.95. The van der Waals surface area contributed by atoms with Gasteiger partial charge in [-0.25, -0.2) is 14.6 Å². The number of nitrogens with zero attached hydrogens (tertiary/aromatic N) is 5. The molecule has 3 aromatic heterocycles. The van der Waals surface area contributed by atoms with Gasteiger partial charge in [-0.1, -0.05) is 59.6 Å². The number of esters is 1. The molecule has 0 aliphatic carbocycles. The summed E-state index contributed by atoms with van der Waals surface area (Å²) in [5.41, 5.74) is 6.17. The summed E-state index contributed by atoms with van der Waals surface area (Å²) in [6.45, 7) is 3.42. The van der Waals surface area contributed by atoms with Crippen molar-refractivity contribution in [1.29, 1.82) is 0 Å². The van der Waals surface area contributed by atoms with Gasteiger partial charge in [0.2, 0.25) is 11.8 Å². The van der Waals surface area contributed by atoms with Crippen LogP contribution >= 0.6 is 23.2 Å². The SMILES string of the molecule is COC(=O)C1CCN(Cc2cnc3nn(-c4cccc(-c5cccc(-c6ccc(CNCC7CCC(=O)N7)c(OC)n6)c5Cl)c4Cl)cc3c2)C1. The highest BCUT2D eigenvalue weighted by Crippen LogP contribution is 2.41. The minimum atomic E-state index is -0.155. The van der Waals surface area contributed by atoms with Crippen LogP contribution in [-0.2, 0) is 27.4 Å². The van der Waals surface area contributed by atoms with Crippen molar-refractivity contribution in [1.82, 2.24) is 35.3 Å². The van der Waals surface area contributed by atoms with Crippen LogP contribution in [0.5, 0.6) is 5.88 Å². The van der Waals surface area contributed by atoms with Crippen molar-refractivity contribution in [2.75, 3.05) is 33.9 Å². The molecular formula is C37H37Cl2N7O4. The number of ether oxygens (including phenoxy) is 2. The molecule has 13 heteroatoms. The van der Waals surface area contributed by atoms with Crippen LogP contribution in [0.1, 0.15) is 30.4 Å². The van der Waals surface area contributed by atoms with Crippen molar-refractivity contribution in [3.63, 3.8) is 0 Å². The third kappa shape index (κ3) is 7.04. The largest absolute Gasteiger partial charge is 0.481 e. The number of fused-ring (bicyclic) bond motifs is 1. The number of hydrogen-bond donors (Lipinski definition) is 2. The minimum Gasteiger partial charge on any atom is -0.481 e. The Bertz CT molecular complexity index is 2070. The Kier molecular flexibility index (Phi) is 10.0. The average molecular weight is 715 g/mol. The topological polar surface area (TPSA) is 124 Å². The molecule has 7 rings (SSSR count). The molecule has 5 heterocycles. The lowest BCUT2D eigenvalue weighted by Crippen LogP contribution is -2.35. The first-order valence-corrected chi connectivity index (χ1v) is 17.3. The van der Waals surface area contributed by atoms with Crippen molar-refractivity contribution >= 4 is 46.1 Å². The smallest absolute Gasteiger partial charge is 0.310 e. The van der Waals surface area contributed by atoms with Crippen LogP contribution in [-0.4, -0.2) is 76.4 Å².